The zero-order valence-electron chi connectivity index (χ0n) is 19.2. The summed E-state index contributed by atoms with van der Waals surface area (Å²) in [5, 5.41) is 11.8. The highest BCUT2D eigenvalue weighted by atomic mass is 79.9. The molecule has 176 valence electrons. The fourth-order valence-electron chi connectivity index (χ4n) is 4.33. The molecule has 0 aliphatic carbocycles. The molecule has 8 heteroatoms. The van der Waals surface area contributed by atoms with Crippen LogP contribution in [-0.2, 0) is 9.59 Å². The largest absolute Gasteiger partial charge is 0.507 e. The summed E-state index contributed by atoms with van der Waals surface area (Å²) in [5.41, 5.74) is 3.76. The number of methoxy groups -OCH3 is 1. The number of thiazole rings is 1. The van der Waals surface area contributed by atoms with Crippen LogP contribution in [0.25, 0.3) is 16.0 Å². The van der Waals surface area contributed by atoms with Crippen LogP contribution in [0, 0.1) is 13.8 Å². The number of hydrogen-bond acceptors (Lipinski definition) is 6. The van der Waals surface area contributed by atoms with Gasteiger partial charge in [-0.15, -0.1) is 0 Å². The third-order valence-corrected chi connectivity index (χ3v) is 7.53. The maximum absolute atomic E-state index is 13.4. The lowest BCUT2D eigenvalue weighted by atomic mass is 9.95. The number of fused-ring (bicyclic) bond motifs is 1. The number of rotatable bonds is 4. The van der Waals surface area contributed by atoms with E-state index in [0.717, 1.165) is 25.8 Å². The Morgan fingerprint density at radius 1 is 1.09 bits per heavy atom. The van der Waals surface area contributed by atoms with Gasteiger partial charge in [0.25, 0.3) is 5.78 Å². The molecule has 4 aromatic rings. The average molecular weight is 549 g/mol. The van der Waals surface area contributed by atoms with Gasteiger partial charge in [0.1, 0.15) is 11.5 Å². The minimum absolute atomic E-state index is 0.0214. The zero-order valence-corrected chi connectivity index (χ0v) is 21.6. The second-order valence-electron chi connectivity index (χ2n) is 8.38. The van der Waals surface area contributed by atoms with Crippen LogP contribution in [0.15, 0.2) is 70.7 Å². The minimum atomic E-state index is -0.837. The summed E-state index contributed by atoms with van der Waals surface area (Å²) < 4.78 is 7.03. The summed E-state index contributed by atoms with van der Waals surface area (Å²) in [6.07, 6.45) is 0. The number of hydrogen-bond donors (Lipinski definition) is 1. The summed E-state index contributed by atoms with van der Waals surface area (Å²) >= 11 is 4.83. The van der Waals surface area contributed by atoms with Gasteiger partial charge in [-0.2, -0.15) is 0 Å². The standard InChI is InChI=1S/C27H21BrN2O4S/c1-14-7-9-19-21(11-14)35-27(29-19)30-23(16-5-4-6-18(28)13-16)22(25(32)26(30)33)24(31)17-8-10-20(34-3)15(2)12-17/h4-13,23,31H,1-3H3/t23-/m1/s1. The van der Waals surface area contributed by atoms with Gasteiger partial charge in [0, 0.05) is 10.0 Å². The van der Waals surface area contributed by atoms with Gasteiger partial charge >= 0.3 is 5.91 Å². The van der Waals surface area contributed by atoms with Crippen LogP contribution in [-0.4, -0.2) is 28.9 Å². The Morgan fingerprint density at radius 2 is 1.89 bits per heavy atom. The van der Waals surface area contributed by atoms with Gasteiger partial charge in [-0.3, -0.25) is 14.5 Å². The Morgan fingerprint density at radius 3 is 2.60 bits per heavy atom. The summed E-state index contributed by atoms with van der Waals surface area (Å²) in [4.78, 5) is 32.8. The molecule has 3 aromatic carbocycles. The van der Waals surface area contributed by atoms with E-state index in [1.165, 1.54) is 16.2 Å². The van der Waals surface area contributed by atoms with E-state index in [2.05, 4.69) is 20.9 Å². The predicted molar refractivity (Wildman–Crippen MR) is 141 cm³/mol. The molecule has 0 spiro atoms. The van der Waals surface area contributed by atoms with Crippen LogP contribution in [0.1, 0.15) is 28.3 Å². The first-order valence-electron chi connectivity index (χ1n) is 10.9. The van der Waals surface area contributed by atoms with Crippen molar-refractivity contribution in [3.05, 3.63) is 93.0 Å². The molecular weight excluding hydrogens is 528 g/mol. The highest BCUT2D eigenvalue weighted by Crippen LogP contribution is 2.45. The molecule has 1 aromatic heterocycles. The number of ketones is 1. The summed E-state index contributed by atoms with van der Waals surface area (Å²) in [6.45, 7) is 3.84. The van der Waals surface area contributed by atoms with Crippen LogP contribution in [0.4, 0.5) is 5.13 Å². The minimum Gasteiger partial charge on any atom is -0.507 e. The number of anilines is 1. The number of aliphatic hydroxyl groups excluding tert-OH is 1. The number of aryl methyl sites for hydroxylation is 2. The molecular formula is C27H21BrN2O4S. The molecule has 35 heavy (non-hydrogen) atoms. The van der Waals surface area contributed by atoms with Crippen molar-refractivity contribution in [2.75, 3.05) is 12.0 Å². The summed E-state index contributed by atoms with van der Waals surface area (Å²) in [6, 6.07) is 17.5. The van der Waals surface area contributed by atoms with Crippen LogP contribution in [0.3, 0.4) is 0 Å². The fourth-order valence-corrected chi connectivity index (χ4v) is 5.83. The van der Waals surface area contributed by atoms with Crippen molar-refractivity contribution in [2.24, 2.45) is 0 Å². The molecule has 1 aliphatic heterocycles. The highest BCUT2D eigenvalue weighted by Gasteiger charge is 2.48. The molecule has 5 rings (SSSR count). The van der Waals surface area contributed by atoms with E-state index >= 15 is 0 Å². The molecule has 0 bridgehead atoms. The van der Waals surface area contributed by atoms with Gasteiger partial charge in [-0.25, -0.2) is 4.98 Å². The number of Topliss-reactive ketones (excluding diaryl/α,β-unsaturated/α-hetero) is 1. The molecule has 1 atom stereocenters. The number of carbonyl (C=O) groups excluding carboxylic acids is 2. The van der Waals surface area contributed by atoms with Crippen LogP contribution >= 0.6 is 27.3 Å². The van der Waals surface area contributed by atoms with Gasteiger partial charge in [-0.05, 0) is 73.0 Å². The second kappa shape index (κ2) is 8.94. The van der Waals surface area contributed by atoms with Gasteiger partial charge in [-0.1, -0.05) is 45.5 Å². The normalized spacial score (nSPS) is 17.4. The van der Waals surface area contributed by atoms with E-state index in [-0.39, 0.29) is 11.3 Å². The Bertz CT molecular complexity index is 1540. The van der Waals surface area contributed by atoms with Crippen LogP contribution < -0.4 is 9.64 Å². The number of aliphatic hydroxyl groups is 1. The number of amides is 1. The third kappa shape index (κ3) is 4.02. The van der Waals surface area contributed by atoms with E-state index in [0.29, 0.717) is 22.0 Å². The lowest BCUT2D eigenvalue weighted by Crippen LogP contribution is -2.29. The zero-order chi connectivity index (χ0) is 24.9. The number of carbonyl (C=O) groups is 2. The van der Waals surface area contributed by atoms with Crippen molar-refractivity contribution in [1.29, 1.82) is 0 Å². The summed E-state index contributed by atoms with van der Waals surface area (Å²) in [5.74, 6) is -1.05. The van der Waals surface area contributed by atoms with E-state index < -0.39 is 17.7 Å². The van der Waals surface area contributed by atoms with Gasteiger partial charge in [0.15, 0.2) is 5.13 Å². The Hall–Kier alpha value is -3.49. The molecule has 0 saturated carbocycles. The molecule has 0 radical (unpaired) electrons. The SMILES string of the molecule is COc1ccc(C(O)=C2C(=O)C(=O)N(c3nc4ccc(C)cc4s3)[C@@H]2c2cccc(Br)c2)cc1C. The summed E-state index contributed by atoms with van der Waals surface area (Å²) in [7, 11) is 1.57. The molecule has 2 heterocycles. The first-order chi connectivity index (χ1) is 16.8. The smallest absolute Gasteiger partial charge is 0.301 e. The van der Waals surface area contributed by atoms with Crippen molar-refractivity contribution in [3.63, 3.8) is 0 Å². The van der Waals surface area contributed by atoms with E-state index in [1.54, 1.807) is 25.3 Å². The molecule has 0 unspecified atom stereocenters. The maximum atomic E-state index is 13.4. The molecule has 1 amide bonds. The fraction of sp³-hybridized carbons (Fsp3) is 0.148. The number of ether oxygens (including phenoxy) is 1. The Kier molecular flexibility index (Phi) is 5.94. The van der Waals surface area contributed by atoms with Crippen molar-refractivity contribution < 1.29 is 19.4 Å². The quantitative estimate of drug-likeness (QED) is 0.183. The van der Waals surface area contributed by atoms with Crippen LogP contribution in [0.2, 0.25) is 0 Å². The number of aromatic nitrogens is 1. The van der Waals surface area contributed by atoms with Gasteiger partial charge in [0.2, 0.25) is 0 Å². The average Bonchev–Trinajstić information content (AvgIpc) is 3.36. The first-order valence-corrected chi connectivity index (χ1v) is 12.5. The number of nitrogens with zero attached hydrogens (tertiary/aromatic N) is 2. The molecule has 6 nitrogen and oxygen atoms in total. The van der Waals surface area contributed by atoms with Crippen molar-refractivity contribution >= 4 is 60.1 Å². The molecule has 1 aliphatic rings. The highest BCUT2D eigenvalue weighted by molar-refractivity contribution is 9.10. The topological polar surface area (TPSA) is 79.7 Å². The maximum Gasteiger partial charge on any atom is 0.301 e. The van der Waals surface area contributed by atoms with Crippen molar-refractivity contribution in [1.82, 2.24) is 4.98 Å². The monoisotopic (exact) mass is 548 g/mol. The number of benzene rings is 3. The molecule has 1 fully saturated rings. The second-order valence-corrected chi connectivity index (χ2v) is 10.3. The lowest BCUT2D eigenvalue weighted by Gasteiger charge is -2.23. The number of halogens is 1. The Labute approximate surface area is 214 Å². The first kappa shape index (κ1) is 23.3. The Balaban J connectivity index is 1.73. The van der Waals surface area contributed by atoms with Gasteiger partial charge in [0.05, 0.1) is 28.9 Å². The van der Waals surface area contributed by atoms with E-state index in [9.17, 15) is 14.7 Å². The lowest BCUT2D eigenvalue weighted by molar-refractivity contribution is -0.132. The van der Waals surface area contributed by atoms with Crippen molar-refractivity contribution in [3.8, 4) is 5.75 Å². The van der Waals surface area contributed by atoms with E-state index in [4.69, 9.17) is 4.74 Å². The van der Waals surface area contributed by atoms with Crippen molar-refractivity contribution in [2.45, 2.75) is 19.9 Å². The molecule has 1 N–H and O–H groups in total. The third-order valence-electron chi connectivity index (χ3n) is 6.02. The molecule has 1 saturated heterocycles. The van der Waals surface area contributed by atoms with E-state index in [1.807, 2.05) is 56.3 Å². The predicted octanol–water partition coefficient (Wildman–Crippen LogP) is 6.31. The van der Waals surface area contributed by atoms with Gasteiger partial charge < -0.3 is 9.84 Å². The van der Waals surface area contributed by atoms with Crippen LogP contribution in [0.5, 0.6) is 5.75 Å².